The van der Waals surface area contributed by atoms with Crippen LogP contribution in [-0.4, -0.2) is 72.7 Å². The Balaban J connectivity index is 1.22. The summed E-state index contributed by atoms with van der Waals surface area (Å²) >= 11 is 0. The number of likely N-dealkylation sites (N-methyl/N-ethyl adjacent to an activating group) is 1. The first-order valence-corrected chi connectivity index (χ1v) is 13.1. The Kier molecular flexibility index (Phi) is 6.74. The average Bonchev–Trinajstić information content (AvgIpc) is 3.66. The van der Waals surface area contributed by atoms with Gasteiger partial charge in [-0.2, -0.15) is 0 Å². The fourth-order valence-corrected chi connectivity index (χ4v) is 5.24. The van der Waals surface area contributed by atoms with E-state index in [9.17, 15) is 9.50 Å². The number of anilines is 2. The summed E-state index contributed by atoms with van der Waals surface area (Å²) in [4.78, 5) is 21.6. The monoisotopic (exact) mass is 533 g/mol. The number of hydrogen-bond acceptors (Lipinski definition) is 8. The maximum Gasteiger partial charge on any atom is 0.229 e. The molecule has 4 aromatic rings. The van der Waals surface area contributed by atoms with Gasteiger partial charge in [0.25, 0.3) is 0 Å². The van der Waals surface area contributed by atoms with E-state index in [0.717, 1.165) is 49.1 Å². The summed E-state index contributed by atoms with van der Waals surface area (Å²) in [6.45, 7) is 5.70. The molecule has 4 heterocycles. The lowest BCUT2D eigenvalue weighted by atomic mass is 10.1. The van der Waals surface area contributed by atoms with Crippen molar-refractivity contribution in [2.75, 3.05) is 32.5 Å². The molecule has 0 amide bonds. The van der Waals surface area contributed by atoms with Crippen LogP contribution in [0.25, 0.3) is 22.3 Å². The van der Waals surface area contributed by atoms with Gasteiger partial charge in [-0.05, 0) is 57.6 Å². The summed E-state index contributed by atoms with van der Waals surface area (Å²) in [5, 5.41) is 13.3. The SMILES string of the molecule is Cc1nc2c(F)cc(-c3nc(Nc4ccc5c(n4)CCN([CH][C@H](O)CN(C)C)C5)ncc3F)cc2n1C1CC1. The first-order chi connectivity index (χ1) is 18.7. The molecular weight excluding hydrogens is 502 g/mol. The minimum atomic E-state index is -0.639. The number of aromatic nitrogens is 5. The fraction of sp³-hybridized carbons (Fsp3) is 0.393. The summed E-state index contributed by atoms with van der Waals surface area (Å²) in [7, 11) is 3.86. The van der Waals surface area contributed by atoms with Gasteiger partial charge >= 0.3 is 0 Å². The molecule has 39 heavy (non-hydrogen) atoms. The Morgan fingerprint density at radius 3 is 2.74 bits per heavy atom. The Morgan fingerprint density at radius 1 is 1.15 bits per heavy atom. The van der Waals surface area contributed by atoms with Crippen molar-refractivity contribution in [2.45, 2.75) is 44.9 Å². The van der Waals surface area contributed by atoms with E-state index in [-0.39, 0.29) is 17.2 Å². The predicted molar refractivity (Wildman–Crippen MR) is 144 cm³/mol. The van der Waals surface area contributed by atoms with Crippen molar-refractivity contribution in [3.8, 4) is 11.3 Å². The van der Waals surface area contributed by atoms with E-state index in [4.69, 9.17) is 4.98 Å². The number of halogens is 2. The van der Waals surface area contributed by atoms with Gasteiger partial charge in [0, 0.05) is 43.4 Å². The highest BCUT2D eigenvalue weighted by atomic mass is 19.1. The molecule has 0 unspecified atom stereocenters. The second kappa shape index (κ2) is 10.2. The third-order valence-electron chi connectivity index (χ3n) is 7.11. The molecule has 1 saturated carbocycles. The van der Waals surface area contributed by atoms with Crippen LogP contribution in [0, 0.1) is 25.1 Å². The van der Waals surface area contributed by atoms with Crippen molar-refractivity contribution in [1.29, 1.82) is 0 Å². The predicted octanol–water partition coefficient (Wildman–Crippen LogP) is 4.00. The van der Waals surface area contributed by atoms with Gasteiger partial charge in [-0.3, -0.25) is 4.90 Å². The Labute approximate surface area is 225 Å². The number of aliphatic hydroxyl groups excluding tert-OH is 1. The molecule has 1 aromatic carbocycles. The van der Waals surface area contributed by atoms with Crippen LogP contribution < -0.4 is 5.32 Å². The summed E-state index contributed by atoms with van der Waals surface area (Å²) < 4.78 is 31.9. The number of aliphatic hydroxyl groups is 1. The molecule has 0 saturated heterocycles. The molecular formula is C28H31F2N8O. The molecule has 0 bridgehead atoms. The second-order valence-electron chi connectivity index (χ2n) is 10.6. The third-order valence-corrected chi connectivity index (χ3v) is 7.11. The van der Waals surface area contributed by atoms with E-state index < -0.39 is 17.7 Å². The van der Waals surface area contributed by atoms with Crippen molar-refractivity contribution in [3.63, 3.8) is 0 Å². The molecule has 9 nitrogen and oxygen atoms in total. The van der Waals surface area contributed by atoms with E-state index >= 15 is 4.39 Å². The molecule has 3 aromatic heterocycles. The Hall–Kier alpha value is -3.54. The van der Waals surface area contributed by atoms with Crippen molar-refractivity contribution < 1.29 is 13.9 Å². The van der Waals surface area contributed by atoms with Gasteiger partial charge < -0.3 is 19.9 Å². The van der Waals surface area contributed by atoms with Gasteiger partial charge in [-0.15, -0.1) is 0 Å². The van der Waals surface area contributed by atoms with Gasteiger partial charge in [0.05, 0.1) is 24.4 Å². The van der Waals surface area contributed by atoms with Crippen LogP contribution in [0.2, 0.25) is 0 Å². The molecule has 11 heteroatoms. The minimum absolute atomic E-state index is 0.00919. The molecule has 1 aliphatic carbocycles. The number of aryl methyl sites for hydroxylation is 1. The maximum absolute atomic E-state index is 15.0. The first-order valence-electron chi connectivity index (χ1n) is 13.1. The van der Waals surface area contributed by atoms with Crippen molar-refractivity contribution in [1.82, 2.24) is 34.3 Å². The van der Waals surface area contributed by atoms with Crippen LogP contribution in [0.5, 0.6) is 0 Å². The number of benzene rings is 1. The summed E-state index contributed by atoms with van der Waals surface area (Å²) in [5.41, 5.74) is 3.30. The highest BCUT2D eigenvalue weighted by molar-refractivity contribution is 5.83. The molecule has 0 spiro atoms. The quantitative estimate of drug-likeness (QED) is 0.351. The Bertz CT molecular complexity index is 1530. The lowest BCUT2D eigenvalue weighted by Crippen LogP contribution is -2.36. The van der Waals surface area contributed by atoms with E-state index in [2.05, 4.69) is 25.2 Å². The highest BCUT2D eigenvalue weighted by Gasteiger charge is 2.28. The van der Waals surface area contributed by atoms with Crippen molar-refractivity contribution >= 4 is 22.8 Å². The third kappa shape index (κ3) is 5.34. The number of nitrogens with zero attached hydrogens (tertiary/aromatic N) is 7. The van der Waals surface area contributed by atoms with E-state index in [0.29, 0.717) is 36.0 Å². The smallest absolute Gasteiger partial charge is 0.229 e. The zero-order valence-electron chi connectivity index (χ0n) is 22.2. The van der Waals surface area contributed by atoms with Gasteiger partial charge in [0.2, 0.25) is 5.95 Å². The summed E-state index contributed by atoms with van der Waals surface area (Å²) in [5.74, 6) is 0.316. The van der Waals surface area contributed by atoms with Crippen molar-refractivity contribution in [2.24, 2.45) is 0 Å². The zero-order chi connectivity index (χ0) is 27.3. The lowest BCUT2D eigenvalue weighted by molar-refractivity contribution is 0.120. The van der Waals surface area contributed by atoms with Gasteiger partial charge in [-0.1, -0.05) is 6.07 Å². The number of rotatable bonds is 8. The number of pyridine rings is 1. The molecule has 2 N–H and O–H groups in total. The zero-order valence-corrected chi connectivity index (χ0v) is 22.2. The van der Waals surface area contributed by atoms with Gasteiger partial charge in [0.15, 0.2) is 11.6 Å². The second-order valence-corrected chi connectivity index (χ2v) is 10.6. The van der Waals surface area contributed by atoms with Crippen LogP contribution in [0.4, 0.5) is 20.5 Å². The number of hydrogen-bond donors (Lipinski definition) is 2. The number of fused-ring (bicyclic) bond motifs is 2. The maximum atomic E-state index is 15.0. The number of nitrogens with one attached hydrogen (secondary N) is 1. The fourth-order valence-electron chi connectivity index (χ4n) is 5.24. The van der Waals surface area contributed by atoms with Crippen LogP contribution in [0.3, 0.4) is 0 Å². The van der Waals surface area contributed by atoms with Crippen LogP contribution in [0.1, 0.15) is 36.0 Å². The largest absolute Gasteiger partial charge is 0.390 e. The highest BCUT2D eigenvalue weighted by Crippen LogP contribution is 2.40. The average molecular weight is 534 g/mol. The molecule has 2 aliphatic rings. The summed E-state index contributed by atoms with van der Waals surface area (Å²) in [6.07, 6.45) is 3.32. The van der Waals surface area contributed by atoms with Crippen LogP contribution in [0.15, 0.2) is 30.5 Å². The van der Waals surface area contributed by atoms with Crippen LogP contribution >= 0.6 is 0 Å². The van der Waals surface area contributed by atoms with Crippen molar-refractivity contribution in [3.05, 3.63) is 65.7 Å². The Morgan fingerprint density at radius 2 is 1.97 bits per heavy atom. The van der Waals surface area contributed by atoms with Gasteiger partial charge in [-0.25, -0.2) is 28.7 Å². The number of imidazole rings is 1. The molecule has 1 aliphatic heterocycles. The standard InChI is InChI=1S/C28H31F2N8O/c1-16-32-27-21(29)10-18(11-24(27)38(16)19-5-6-19)26-22(30)12-31-28(35-26)34-25-7-4-17-13-37(9-8-23(17)33-25)15-20(39)14-36(2)3/h4,7,10-12,15,19-20,39H,5-6,8-9,13-14H2,1-3H3,(H,31,33,34,35)/t20-/m1/s1. The summed E-state index contributed by atoms with van der Waals surface area (Å²) in [6, 6.07) is 7.14. The molecule has 1 atom stereocenters. The first kappa shape index (κ1) is 25.7. The topological polar surface area (TPSA) is 95.2 Å². The normalized spacial score (nSPS) is 16.6. The van der Waals surface area contributed by atoms with E-state index in [1.165, 1.54) is 6.07 Å². The van der Waals surface area contributed by atoms with E-state index in [1.54, 1.807) is 6.07 Å². The lowest BCUT2D eigenvalue weighted by Gasteiger charge is -2.30. The van der Waals surface area contributed by atoms with Gasteiger partial charge in [0.1, 0.15) is 22.9 Å². The molecule has 1 fully saturated rings. The molecule has 1 radical (unpaired) electrons. The molecule has 6 rings (SSSR count). The van der Waals surface area contributed by atoms with Crippen LogP contribution in [-0.2, 0) is 13.0 Å². The molecule has 203 valence electrons. The van der Waals surface area contributed by atoms with E-state index in [1.807, 2.05) is 49.2 Å². The minimum Gasteiger partial charge on any atom is -0.390 e.